The maximum Gasteiger partial charge on any atom is 0.338 e. The first-order valence-corrected chi connectivity index (χ1v) is 9.57. The highest BCUT2D eigenvalue weighted by Crippen LogP contribution is 2.18. The van der Waals surface area contributed by atoms with Crippen molar-refractivity contribution in [2.75, 3.05) is 11.3 Å². The fraction of sp³-hybridized carbons (Fsp3) is 0.222. The normalized spacial score (nSPS) is 13.7. The number of para-hydroxylation sites is 1. The van der Waals surface area contributed by atoms with E-state index >= 15 is 0 Å². The molecule has 0 heterocycles. The standard InChI is InChI=1S/C18H18N2O5S/c21-17(19-14-8-9-14)12-25-18(22)13-6-10-16(11-7-13)26(23,24)20-15-4-2-1-3-5-15/h1-7,10-11,14,20H,8-9,12H2,(H,19,21). The van der Waals surface area contributed by atoms with E-state index in [0.29, 0.717) is 5.69 Å². The predicted molar refractivity (Wildman–Crippen MR) is 95.1 cm³/mol. The molecule has 2 aromatic rings. The van der Waals surface area contributed by atoms with E-state index in [2.05, 4.69) is 10.0 Å². The van der Waals surface area contributed by atoms with Crippen molar-refractivity contribution >= 4 is 27.6 Å². The summed E-state index contributed by atoms with van der Waals surface area (Å²) < 4.78 is 32.0. The highest BCUT2D eigenvalue weighted by molar-refractivity contribution is 7.92. The lowest BCUT2D eigenvalue weighted by atomic mass is 10.2. The van der Waals surface area contributed by atoms with Gasteiger partial charge >= 0.3 is 5.97 Å². The summed E-state index contributed by atoms with van der Waals surface area (Å²) in [7, 11) is -3.75. The number of hydrogen-bond acceptors (Lipinski definition) is 5. The number of nitrogens with one attached hydrogen (secondary N) is 2. The molecule has 2 aromatic carbocycles. The number of carbonyl (C=O) groups excluding carboxylic acids is 2. The van der Waals surface area contributed by atoms with Gasteiger partial charge in [0.05, 0.1) is 10.5 Å². The zero-order chi connectivity index (χ0) is 18.6. The third-order valence-corrected chi connectivity index (χ3v) is 5.10. The maximum absolute atomic E-state index is 12.3. The molecule has 0 saturated heterocycles. The molecule has 0 aliphatic heterocycles. The van der Waals surface area contributed by atoms with Gasteiger partial charge in [0.1, 0.15) is 0 Å². The monoisotopic (exact) mass is 374 g/mol. The topological polar surface area (TPSA) is 102 Å². The predicted octanol–water partition coefficient (Wildman–Crippen LogP) is 1.92. The Balaban J connectivity index is 1.60. The smallest absolute Gasteiger partial charge is 0.338 e. The average molecular weight is 374 g/mol. The van der Waals surface area contributed by atoms with Crippen LogP contribution in [0.25, 0.3) is 0 Å². The number of sulfonamides is 1. The lowest BCUT2D eigenvalue weighted by molar-refractivity contribution is -0.124. The van der Waals surface area contributed by atoms with Crippen LogP contribution in [-0.2, 0) is 19.6 Å². The number of amides is 1. The summed E-state index contributed by atoms with van der Waals surface area (Å²) in [5.41, 5.74) is 0.612. The van der Waals surface area contributed by atoms with Crippen LogP contribution in [-0.4, -0.2) is 32.9 Å². The third kappa shape index (κ3) is 4.82. The molecule has 1 aliphatic carbocycles. The Morgan fingerprint density at radius 2 is 1.65 bits per heavy atom. The van der Waals surface area contributed by atoms with Crippen molar-refractivity contribution in [2.24, 2.45) is 0 Å². The Kier molecular flexibility index (Phi) is 5.22. The van der Waals surface area contributed by atoms with E-state index < -0.39 is 16.0 Å². The maximum atomic E-state index is 12.3. The van der Waals surface area contributed by atoms with E-state index in [9.17, 15) is 18.0 Å². The minimum Gasteiger partial charge on any atom is -0.452 e. The van der Waals surface area contributed by atoms with Crippen LogP contribution in [0, 0.1) is 0 Å². The fourth-order valence-corrected chi connectivity index (χ4v) is 3.26. The third-order valence-electron chi connectivity index (χ3n) is 3.70. The van der Waals surface area contributed by atoms with Crippen molar-refractivity contribution < 1.29 is 22.7 Å². The van der Waals surface area contributed by atoms with Crippen molar-refractivity contribution in [1.82, 2.24) is 5.32 Å². The largest absolute Gasteiger partial charge is 0.452 e. The van der Waals surface area contributed by atoms with Gasteiger partial charge in [0.15, 0.2) is 6.61 Å². The van der Waals surface area contributed by atoms with Gasteiger partial charge in [-0.3, -0.25) is 9.52 Å². The molecule has 26 heavy (non-hydrogen) atoms. The fourth-order valence-electron chi connectivity index (χ4n) is 2.20. The van der Waals surface area contributed by atoms with Crippen molar-refractivity contribution in [3.05, 3.63) is 60.2 Å². The minimum absolute atomic E-state index is 0.0179. The zero-order valence-corrected chi connectivity index (χ0v) is 14.7. The Labute approximate surface area is 151 Å². The van der Waals surface area contributed by atoms with Crippen LogP contribution in [0.3, 0.4) is 0 Å². The molecule has 0 radical (unpaired) electrons. The second-order valence-electron chi connectivity index (χ2n) is 5.91. The van der Waals surface area contributed by atoms with Crippen LogP contribution in [0.1, 0.15) is 23.2 Å². The van der Waals surface area contributed by atoms with Gasteiger partial charge in [0.2, 0.25) is 0 Å². The molecule has 8 heteroatoms. The highest BCUT2D eigenvalue weighted by Gasteiger charge is 2.23. The number of esters is 1. The quantitative estimate of drug-likeness (QED) is 0.721. The van der Waals surface area contributed by atoms with Crippen LogP contribution < -0.4 is 10.0 Å². The summed E-state index contributed by atoms with van der Waals surface area (Å²) in [6, 6.07) is 14.0. The average Bonchev–Trinajstić information content (AvgIpc) is 3.44. The van der Waals surface area contributed by atoms with Crippen molar-refractivity contribution in [2.45, 2.75) is 23.8 Å². The molecule has 1 saturated carbocycles. The molecule has 2 N–H and O–H groups in total. The Morgan fingerprint density at radius 3 is 2.27 bits per heavy atom. The van der Waals surface area contributed by atoms with Gasteiger partial charge in [0, 0.05) is 11.7 Å². The van der Waals surface area contributed by atoms with Gasteiger partial charge in [-0.2, -0.15) is 0 Å². The lowest BCUT2D eigenvalue weighted by Gasteiger charge is -2.09. The van der Waals surface area contributed by atoms with E-state index in [-0.39, 0.29) is 29.0 Å². The zero-order valence-electron chi connectivity index (χ0n) is 13.8. The van der Waals surface area contributed by atoms with Gasteiger partial charge in [0.25, 0.3) is 15.9 Å². The van der Waals surface area contributed by atoms with Crippen molar-refractivity contribution in [3.8, 4) is 0 Å². The van der Waals surface area contributed by atoms with Crippen LogP contribution in [0.2, 0.25) is 0 Å². The van der Waals surface area contributed by atoms with E-state index in [1.807, 2.05) is 0 Å². The van der Waals surface area contributed by atoms with E-state index in [1.54, 1.807) is 30.3 Å². The highest BCUT2D eigenvalue weighted by atomic mass is 32.2. The number of ether oxygens (including phenoxy) is 1. The molecule has 7 nitrogen and oxygen atoms in total. The minimum atomic E-state index is -3.75. The molecule has 0 atom stereocenters. The van der Waals surface area contributed by atoms with E-state index in [1.165, 1.54) is 24.3 Å². The summed E-state index contributed by atoms with van der Waals surface area (Å²) >= 11 is 0. The molecule has 1 fully saturated rings. The van der Waals surface area contributed by atoms with Crippen molar-refractivity contribution in [3.63, 3.8) is 0 Å². The summed E-state index contributed by atoms with van der Waals surface area (Å²) in [6.07, 6.45) is 1.90. The van der Waals surface area contributed by atoms with Gasteiger partial charge in [-0.25, -0.2) is 13.2 Å². The van der Waals surface area contributed by atoms with Crippen LogP contribution in [0.15, 0.2) is 59.5 Å². The number of anilines is 1. The molecule has 1 aliphatic rings. The van der Waals surface area contributed by atoms with Gasteiger partial charge in [-0.05, 0) is 49.2 Å². The molecule has 0 spiro atoms. The first-order valence-electron chi connectivity index (χ1n) is 8.08. The summed E-state index contributed by atoms with van der Waals surface area (Å²) in [6.45, 7) is -0.356. The van der Waals surface area contributed by atoms with Crippen molar-refractivity contribution in [1.29, 1.82) is 0 Å². The molecule has 136 valence electrons. The molecule has 0 bridgehead atoms. The second kappa shape index (κ2) is 7.57. The first-order chi connectivity index (χ1) is 12.4. The summed E-state index contributed by atoms with van der Waals surface area (Å²) in [4.78, 5) is 23.5. The number of rotatable bonds is 7. The lowest BCUT2D eigenvalue weighted by Crippen LogP contribution is -2.30. The van der Waals surface area contributed by atoms with Crippen LogP contribution in [0.5, 0.6) is 0 Å². The van der Waals surface area contributed by atoms with Crippen LogP contribution >= 0.6 is 0 Å². The molecule has 0 aromatic heterocycles. The van der Waals surface area contributed by atoms with Gasteiger partial charge in [-0.15, -0.1) is 0 Å². The number of carbonyl (C=O) groups is 2. The Morgan fingerprint density at radius 1 is 1.00 bits per heavy atom. The van der Waals surface area contributed by atoms with Crippen LogP contribution in [0.4, 0.5) is 5.69 Å². The number of benzene rings is 2. The van der Waals surface area contributed by atoms with Gasteiger partial charge < -0.3 is 10.1 Å². The summed E-state index contributed by atoms with van der Waals surface area (Å²) in [5, 5.41) is 2.71. The summed E-state index contributed by atoms with van der Waals surface area (Å²) in [5.74, 6) is -1.02. The first kappa shape index (κ1) is 17.9. The molecular weight excluding hydrogens is 356 g/mol. The number of hydrogen-bond donors (Lipinski definition) is 2. The van der Waals surface area contributed by atoms with E-state index in [0.717, 1.165) is 12.8 Å². The molecule has 3 rings (SSSR count). The SMILES string of the molecule is O=C(COC(=O)c1ccc(S(=O)(=O)Nc2ccccc2)cc1)NC1CC1. The molecular formula is C18H18N2O5S. The molecule has 1 amide bonds. The molecule has 0 unspecified atom stereocenters. The second-order valence-corrected chi connectivity index (χ2v) is 7.60. The van der Waals surface area contributed by atoms with E-state index in [4.69, 9.17) is 4.74 Å². The van der Waals surface area contributed by atoms with Gasteiger partial charge in [-0.1, -0.05) is 18.2 Å². The Bertz CT molecular complexity index is 891. The Hall–Kier alpha value is -2.87.